The van der Waals surface area contributed by atoms with E-state index < -0.39 is 0 Å². The van der Waals surface area contributed by atoms with Crippen LogP contribution in [0.25, 0.3) is 12.2 Å². The Morgan fingerprint density at radius 1 is 0.571 bits per heavy atom. The summed E-state index contributed by atoms with van der Waals surface area (Å²) in [5.74, 6) is -0.0418. The summed E-state index contributed by atoms with van der Waals surface area (Å²) < 4.78 is 2.30. The van der Waals surface area contributed by atoms with E-state index in [1.165, 1.54) is 22.5 Å². The van der Waals surface area contributed by atoms with Crippen molar-refractivity contribution in [2.75, 3.05) is 28.8 Å². The Bertz CT molecular complexity index is 2990. The van der Waals surface area contributed by atoms with Crippen molar-refractivity contribution in [1.29, 1.82) is 0 Å². The topological polar surface area (TPSA) is 46.9 Å². The normalized spacial score (nSPS) is 19.7. The number of nitrogens with zero attached hydrogens (tertiary/aromatic N) is 4. The Morgan fingerprint density at radius 3 is 1.62 bits per heavy atom. The molecule has 0 aromatic heterocycles. The predicted molar refractivity (Wildman–Crippen MR) is 258 cm³/mol. The number of allylic oxidation sites excluding steroid dienone is 4. The molecule has 0 radical (unpaired) electrons. The van der Waals surface area contributed by atoms with Gasteiger partial charge < -0.3 is 4.90 Å². The Morgan fingerprint density at radius 2 is 1.06 bits per heavy atom. The molecule has 6 heteroatoms. The van der Waals surface area contributed by atoms with Crippen LogP contribution in [0.5, 0.6) is 0 Å². The summed E-state index contributed by atoms with van der Waals surface area (Å²) in [7, 11) is 4.30. The van der Waals surface area contributed by atoms with Gasteiger partial charge in [0.05, 0.1) is 28.9 Å². The van der Waals surface area contributed by atoms with Crippen molar-refractivity contribution in [2.45, 2.75) is 50.6 Å². The summed E-state index contributed by atoms with van der Waals surface area (Å²) in [6, 6.07) is 48.2. The Labute approximate surface area is 370 Å². The van der Waals surface area contributed by atoms with Gasteiger partial charge in [-0.1, -0.05) is 135 Å². The van der Waals surface area contributed by atoms with E-state index >= 15 is 0 Å². The van der Waals surface area contributed by atoms with Crippen LogP contribution in [0.1, 0.15) is 93.9 Å². The zero-order valence-electron chi connectivity index (χ0n) is 36.7. The summed E-state index contributed by atoms with van der Waals surface area (Å²) in [6.45, 7) is 9.16. The predicted octanol–water partition coefficient (Wildman–Crippen LogP) is 12.4. The molecular formula is C57H51N4O2+. The number of rotatable bonds is 6. The van der Waals surface area contributed by atoms with E-state index in [9.17, 15) is 9.59 Å². The van der Waals surface area contributed by atoms with Crippen molar-refractivity contribution in [3.05, 3.63) is 226 Å². The maximum atomic E-state index is 14.2. The second-order valence-corrected chi connectivity index (χ2v) is 18.0. The zero-order chi connectivity index (χ0) is 43.6. The van der Waals surface area contributed by atoms with Gasteiger partial charge in [-0.15, -0.1) is 0 Å². The third-order valence-corrected chi connectivity index (χ3v) is 13.6. The van der Waals surface area contributed by atoms with E-state index in [-0.39, 0.29) is 34.7 Å². The average Bonchev–Trinajstić information content (AvgIpc) is 3.63. The number of likely N-dealkylation sites (N-methyl/N-ethyl adjacent to an activating group) is 1. The van der Waals surface area contributed by atoms with Gasteiger partial charge in [0.25, 0.3) is 11.8 Å². The molecule has 0 bridgehead atoms. The lowest BCUT2D eigenvalue weighted by molar-refractivity contribution is -0.401. The highest BCUT2D eigenvalue weighted by Crippen LogP contribution is 2.49. The second-order valence-electron chi connectivity index (χ2n) is 18.0. The van der Waals surface area contributed by atoms with Crippen LogP contribution in [0.2, 0.25) is 0 Å². The molecule has 0 fully saturated rings. The minimum atomic E-state index is -0.302. The fourth-order valence-corrected chi connectivity index (χ4v) is 10.3. The van der Waals surface area contributed by atoms with Crippen LogP contribution in [0.4, 0.5) is 22.7 Å². The average molecular weight is 824 g/mol. The van der Waals surface area contributed by atoms with Gasteiger partial charge >= 0.3 is 0 Å². The molecule has 0 N–H and O–H groups in total. The van der Waals surface area contributed by atoms with Crippen molar-refractivity contribution >= 4 is 52.4 Å². The van der Waals surface area contributed by atoms with E-state index in [0.717, 1.165) is 45.0 Å². The van der Waals surface area contributed by atoms with Crippen LogP contribution in [0, 0.1) is 0 Å². The molecule has 6 aromatic carbocycles. The quantitative estimate of drug-likeness (QED) is 0.157. The number of hydrogen-bond donors (Lipinski definition) is 0. The first-order valence-corrected chi connectivity index (χ1v) is 21.8. The highest BCUT2D eigenvalue weighted by Gasteiger charge is 2.44. The highest BCUT2D eigenvalue weighted by molar-refractivity contribution is 6.10. The van der Waals surface area contributed by atoms with Gasteiger partial charge in [0.15, 0.2) is 5.71 Å². The monoisotopic (exact) mass is 823 g/mol. The summed E-state index contributed by atoms with van der Waals surface area (Å²) in [5, 5.41) is 0. The molecule has 63 heavy (non-hydrogen) atoms. The van der Waals surface area contributed by atoms with Gasteiger partial charge in [0, 0.05) is 52.7 Å². The number of carbonyl (C=O) groups is 2. The molecule has 4 heterocycles. The first-order valence-electron chi connectivity index (χ1n) is 21.8. The molecule has 2 unspecified atom stereocenters. The molecule has 2 amide bonds. The maximum absolute atomic E-state index is 14.2. The van der Waals surface area contributed by atoms with Crippen molar-refractivity contribution in [3.8, 4) is 0 Å². The number of anilines is 3. The Balaban J connectivity index is 0.937. The smallest absolute Gasteiger partial charge is 0.259 e. The molecular weight excluding hydrogens is 773 g/mol. The molecule has 310 valence electrons. The molecule has 0 saturated heterocycles. The molecule has 10 rings (SSSR count). The first kappa shape index (κ1) is 39.8. The van der Waals surface area contributed by atoms with Crippen LogP contribution >= 0.6 is 0 Å². The molecule has 0 saturated carbocycles. The molecule has 0 aliphatic carbocycles. The van der Waals surface area contributed by atoms with Crippen molar-refractivity contribution < 1.29 is 14.2 Å². The SMILES string of the molecule is CN1/C(=C/C=C/C2=[N+](C)c3ccc(C4C=Cc5ccccc5N4C(=O)c4ccccc4)cc3C2(C)C)C(C)(C)c2cc(C3C=Cc4ccccc4N3C(=O)c3ccccc3)ccc21. The lowest BCUT2D eigenvalue weighted by Crippen LogP contribution is -2.36. The Hall–Kier alpha value is -7.31. The number of benzene rings is 6. The van der Waals surface area contributed by atoms with Crippen LogP contribution < -0.4 is 14.7 Å². The number of fused-ring (bicyclic) bond motifs is 4. The zero-order valence-corrected chi connectivity index (χ0v) is 36.7. The van der Waals surface area contributed by atoms with Crippen LogP contribution in [-0.2, 0) is 10.8 Å². The standard InChI is InChI=1S/C57H51N4O2/c1-56(2)44-36-42(48-32-28-38-18-13-15-24-46(38)60(48)54(62)40-20-9-7-10-21-40)30-34-50(44)58(5)52(56)26-17-27-53-57(3,4)45-37-43(31-35-51(45)59(53)6)49-33-29-39-19-14-16-25-47(39)61(49)55(63)41-22-11-8-12-23-41/h7-37,48-49H,1-6H3/q+1. The fourth-order valence-electron chi connectivity index (χ4n) is 10.3. The van der Waals surface area contributed by atoms with Gasteiger partial charge in [0.2, 0.25) is 5.69 Å². The van der Waals surface area contributed by atoms with Gasteiger partial charge in [-0.25, -0.2) is 0 Å². The summed E-state index contributed by atoms with van der Waals surface area (Å²) >= 11 is 0. The van der Waals surface area contributed by atoms with Gasteiger partial charge in [-0.05, 0) is 96.3 Å². The fraction of sp³-hybridized carbons (Fsp3) is 0.175. The van der Waals surface area contributed by atoms with Crippen LogP contribution in [-0.4, -0.2) is 36.2 Å². The van der Waals surface area contributed by atoms with Crippen LogP contribution in [0.3, 0.4) is 0 Å². The van der Waals surface area contributed by atoms with Gasteiger partial charge in [0.1, 0.15) is 7.05 Å². The number of para-hydroxylation sites is 2. The summed E-state index contributed by atoms with van der Waals surface area (Å²) in [4.78, 5) is 34.7. The van der Waals surface area contributed by atoms with E-state index in [1.54, 1.807) is 0 Å². The molecule has 6 nitrogen and oxygen atoms in total. The number of amides is 2. The van der Waals surface area contributed by atoms with Crippen LogP contribution in [0.15, 0.2) is 182 Å². The highest BCUT2D eigenvalue weighted by atomic mass is 16.2. The first-order chi connectivity index (χ1) is 30.4. The van der Waals surface area contributed by atoms with Crippen molar-refractivity contribution in [3.63, 3.8) is 0 Å². The van der Waals surface area contributed by atoms with E-state index in [2.05, 4.69) is 142 Å². The maximum Gasteiger partial charge on any atom is 0.259 e. The minimum absolute atomic E-state index is 0.0209. The largest absolute Gasteiger partial charge is 0.347 e. The third kappa shape index (κ3) is 6.51. The van der Waals surface area contributed by atoms with Crippen molar-refractivity contribution in [2.24, 2.45) is 0 Å². The van der Waals surface area contributed by atoms with Gasteiger partial charge in [-0.3, -0.25) is 19.4 Å². The Kier molecular flexibility index (Phi) is 9.63. The molecule has 4 aliphatic rings. The summed E-state index contributed by atoms with van der Waals surface area (Å²) in [6.07, 6.45) is 15.3. The minimum Gasteiger partial charge on any atom is -0.347 e. The van der Waals surface area contributed by atoms with E-state index in [4.69, 9.17) is 0 Å². The molecule has 4 aliphatic heterocycles. The number of hydrogen-bond acceptors (Lipinski definition) is 3. The summed E-state index contributed by atoms with van der Waals surface area (Å²) in [5.41, 5.74) is 13.9. The second kappa shape index (κ2) is 15.2. The molecule has 0 spiro atoms. The third-order valence-electron chi connectivity index (χ3n) is 13.6. The van der Waals surface area contributed by atoms with E-state index in [0.29, 0.717) is 11.1 Å². The number of carbonyl (C=O) groups excluding carboxylic acids is 2. The van der Waals surface area contributed by atoms with E-state index in [1.807, 2.05) is 107 Å². The van der Waals surface area contributed by atoms with Crippen molar-refractivity contribution in [1.82, 2.24) is 0 Å². The van der Waals surface area contributed by atoms with Gasteiger partial charge in [-0.2, -0.15) is 4.58 Å². The lowest BCUT2D eigenvalue weighted by atomic mass is 9.80. The molecule has 2 atom stereocenters. The lowest BCUT2D eigenvalue weighted by Gasteiger charge is -2.35. The molecule has 6 aromatic rings.